The molecule has 0 radical (unpaired) electrons. The van der Waals surface area contributed by atoms with Crippen molar-refractivity contribution < 1.29 is 19.0 Å². The first-order chi connectivity index (χ1) is 7.17. The van der Waals surface area contributed by atoms with Gasteiger partial charge in [0.25, 0.3) is 0 Å². The van der Waals surface area contributed by atoms with Crippen LogP contribution in [0.25, 0.3) is 0 Å². The van der Waals surface area contributed by atoms with Crippen LogP contribution in [0.3, 0.4) is 0 Å². The van der Waals surface area contributed by atoms with Gasteiger partial charge in [0.2, 0.25) is 0 Å². The van der Waals surface area contributed by atoms with Crippen LogP contribution in [0.4, 0.5) is 10.1 Å². The van der Waals surface area contributed by atoms with E-state index < -0.39 is 12.6 Å². The minimum atomic E-state index is -0.966. The Morgan fingerprint density at radius 1 is 1.60 bits per heavy atom. The second-order valence-corrected chi connectivity index (χ2v) is 2.92. The number of carbonyl (C=O) groups is 1. The molecule has 1 aromatic carbocycles. The third kappa shape index (κ3) is 3.12. The zero-order valence-electron chi connectivity index (χ0n) is 8.29. The third-order valence-corrected chi connectivity index (χ3v) is 1.85. The first-order valence-electron chi connectivity index (χ1n) is 4.36. The molecule has 0 saturated carbocycles. The van der Waals surface area contributed by atoms with E-state index in [0.29, 0.717) is 17.0 Å². The first-order valence-corrected chi connectivity index (χ1v) is 4.36. The van der Waals surface area contributed by atoms with Gasteiger partial charge in [-0.2, -0.15) is 0 Å². The van der Waals surface area contributed by atoms with Gasteiger partial charge in [-0.1, -0.05) is 6.07 Å². The average molecular weight is 213 g/mol. The number of hydrogen-bond donors (Lipinski definition) is 2. The van der Waals surface area contributed by atoms with Crippen LogP contribution in [0.2, 0.25) is 0 Å². The Kier molecular flexibility index (Phi) is 3.91. The Bertz CT molecular complexity index is 355. The summed E-state index contributed by atoms with van der Waals surface area (Å²) < 4.78 is 17.3. The molecular formula is C10H12FNO3. The average Bonchev–Trinajstić information content (AvgIpc) is 2.25. The molecule has 5 heteroatoms. The minimum absolute atomic E-state index is 0.203. The van der Waals surface area contributed by atoms with Gasteiger partial charge < -0.3 is 15.2 Å². The number of carboxylic acids is 1. The lowest BCUT2D eigenvalue weighted by molar-refractivity contribution is -0.134. The highest BCUT2D eigenvalue weighted by Crippen LogP contribution is 2.25. The molecule has 0 aromatic heterocycles. The summed E-state index contributed by atoms with van der Waals surface area (Å²) in [5.74, 6) is -0.530. The summed E-state index contributed by atoms with van der Waals surface area (Å²) in [5.41, 5.74) is 1.03. The van der Waals surface area contributed by atoms with E-state index in [0.717, 1.165) is 0 Å². The number of halogens is 1. The summed E-state index contributed by atoms with van der Waals surface area (Å²) in [6.45, 7) is -0.777. The summed E-state index contributed by atoms with van der Waals surface area (Å²) in [6, 6.07) is 4.70. The number of rotatable bonds is 5. The molecule has 0 aliphatic carbocycles. The zero-order chi connectivity index (χ0) is 11.3. The molecule has 1 rings (SSSR count). The number of nitrogens with one attached hydrogen (secondary N) is 1. The number of ether oxygens (including phenoxy) is 1. The van der Waals surface area contributed by atoms with E-state index in [1.165, 1.54) is 13.2 Å². The molecule has 0 bridgehead atoms. The van der Waals surface area contributed by atoms with Crippen molar-refractivity contribution >= 4 is 11.7 Å². The van der Waals surface area contributed by atoms with Gasteiger partial charge in [-0.25, -0.2) is 4.39 Å². The highest BCUT2D eigenvalue weighted by molar-refractivity contribution is 5.74. The third-order valence-electron chi connectivity index (χ3n) is 1.85. The lowest BCUT2D eigenvalue weighted by atomic mass is 10.2. The predicted octanol–water partition coefficient (Wildman–Crippen LogP) is 1.66. The molecule has 0 aliphatic rings. The summed E-state index contributed by atoms with van der Waals surface area (Å²) in [5, 5.41) is 11.1. The maximum absolute atomic E-state index is 12.3. The van der Waals surface area contributed by atoms with Crippen LogP contribution in [0.5, 0.6) is 5.75 Å². The quantitative estimate of drug-likeness (QED) is 0.781. The lowest BCUT2D eigenvalue weighted by Gasteiger charge is -2.10. The second kappa shape index (κ2) is 5.19. The number of anilines is 1. The molecule has 15 heavy (non-hydrogen) atoms. The van der Waals surface area contributed by atoms with E-state index in [1.54, 1.807) is 12.1 Å². The smallest absolute Gasteiger partial charge is 0.322 e. The Morgan fingerprint density at radius 3 is 2.87 bits per heavy atom. The maximum atomic E-state index is 12.3. The Balaban J connectivity index is 2.82. The van der Waals surface area contributed by atoms with Gasteiger partial charge in [0.1, 0.15) is 19.0 Å². The number of alkyl halides is 1. The molecule has 2 N–H and O–H groups in total. The second-order valence-electron chi connectivity index (χ2n) is 2.92. The largest absolute Gasteiger partial charge is 0.495 e. The number of aliphatic carboxylic acids is 1. The molecule has 4 nitrogen and oxygen atoms in total. The Morgan fingerprint density at radius 2 is 2.33 bits per heavy atom. The molecule has 0 aliphatic heterocycles. The molecule has 0 fully saturated rings. The summed E-state index contributed by atoms with van der Waals surface area (Å²) in [6.07, 6.45) is 0. The fourth-order valence-corrected chi connectivity index (χ4v) is 1.14. The van der Waals surface area contributed by atoms with Gasteiger partial charge in [-0.15, -0.1) is 0 Å². The lowest BCUT2D eigenvalue weighted by Crippen LogP contribution is -2.12. The van der Waals surface area contributed by atoms with Gasteiger partial charge in [0, 0.05) is 0 Å². The Labute approximate surface area is 86.7 Å². The van der Waals surface area contributed by atoms with Crippen LogP contribution in [0.15, 0.2) is 18.2 Å². The van der Waals surface area contributed by atoms with E-state index in [1.807, 2.05) is 0 Å². The summed E-state index contributed by atoms with van der Waals surface area (Å²) >= 11 is 0. The van der Waals surface area contributed by atoms with Gasteiger partial charge in [-0.05, 0) is 17.7 Å². The van der Waals surface area contributed by atoms with E-state index in [2.05, 4.69) is 5.32 Å². The van der Waals surface area contributed by atoms with Crippen molar-refractivity contribution in [1.29, 1.82) is 0 Å². The molecule has 0 spiro atoms. The number of carboxylic acid groups (broad SMARTS) is 1. The fraction of sp³-hybridized carbons (Fsp3) is 0.300. The normalized spacial score (nSPS) is 9.73. The van der Waals surface area contributed by atoms with Gasteiger partial charge in [0.05, 0.1) is 12.8 Å². The highest BCUT2D eigenvalue weighted by atomic mass is 19.1. The van der Waals surface area contributed by atoms with Crippen LogP contribution in [0, 0.1) is 0 Å². The molecular weight excluding hydrogens is 201 g/mol. The van der Waals surface area contributed by atoms with E-state index in [9.17, 15) is 9.18 Å². The number of benzene rings is 1. The van der Waals surface area contributed by atoms with Crippen LogP contribution >= 0.6 is 0 Å². The van der Waals surface area contributed by atoms with E-state index in [-0.39, 0.29) is 6.54 Å². The molecule has 0 heterocycles. The fourth-order valence-electron chi connectivity index (χ4n) is 1.14. The molecule has 0 unspecified atom stereocenters. The van der Waals surface area contributed by atoms with Crippen LogP contribution in [0.1, 0.15) is 5.56 Å². The van der Waals surface area contributed by atoms with E-state index >= 15 is 0 Å². The van der Waals surface area contributed by atoms with Crippen LogP contribution in [-0.4, -0.2) is 24.7 Å². The van der Waals surface area contributed by atoms with Gasteiger partial charge in [-0.3, -0.25) is 4.79 Å². The SMILES string of the molecule is COc1cc(CF)ccc1NCC(=O)O. The predicted molar refractivity (Wildman–Crippen MR) is 53.9 cm³/mol. The molecule has 0 amide bonds. The molecule has 82 valence electrons. The first kappa shape index (κ1) is 11.3. The summed E-state index contributed by atoms with van der Waals surface area (Å²) in [7, 11) is 1.45. The molecule has 0 saturated heterocycles. The van der Waals surface area contributed by atoms with E-state index in [4.69, 9.17) is 9.84 Å². The van der Waals surface area contributed by atoms with Crippen molar-refractivity contribution in [3.8, 4) is 5.75 Å². The van der Waals surface area contributed by atoms with Gasteiger partial charge >= 0.3 is 5.97 Å². The summed E-state index contributed by atoms with van der Waals surface area (Å²) in [4.78, 5) is 10.3. The number of methoxy groups -OCH3 is 1. The van der Waals surface area contributed by atoms with Crippen molar-refractivity contribution in [2.75, 3.05) is 19.0 Å². The number of hydrogen-bond acceptors (Lipinski definition) is 3. The van der Waals surface area contributed by atoms with Crippen LogP contribution in [-0.2, 0) is 11.5 Å². The maximum Gasteiger partial charge on any atom is 0.322 e. The van der Waals surface area contributed by atoms with Gasteiger partial charge in [0.15, 0.2) is 0 Å². The Hall–Kier alpha value is -1.78. The molecule has 0 atom stereocenters. The van der Waals surface area contributed by atoms with Crippen molar-refractivity contribution in [2.24, 2.45) is 0 Å². The standard InChI is InChI=1S/C10H12FNO3/c1-15-9-4-7(5-11)2-3-8(9)12-6-10(13)14/h2-4,12H,5-6H2,1H3,(H,13,14). The van der Waals surface area contributed by atoms with Crippen molar-refractivity contribution in [2.45, 2.75) is 6.67 Å². The topological polar surface area (TPSA) is 58.6 Å². The van der Waals surface area contributed by atoms with Crippen LogP contribution < -0.4 is 10.1 Å². The van der Waals surface area contributed by atoms with Crippen molar-refractivity contribution in [3.63, 3.8) is 0 Å². The monoisotopic (exact) mass is 213 g/mol. The highest BCUT2D eigenvalue weighted by Gasteiger charge is 2.05. The minimum Gasteiger partial charge on any atom is -0.495 e. The zero-order valence-corrected chi connectivity index (χ0v) is 8.29. The van der Waals surface area contributed by atoms with Crippen molar-refractivity contribution in [1.82, 2.24) is 0 Å². The molecule has 1 aromatic rings. The van der Waals surface area contributed by atoms with Crippen molar-refractivity contribution in [3.05, 3.63) is 23.8 Å².